The molecular weight excluding hydrogens is 354 g/mol. The normalized spacial score (nSPS) is 15.7. The Balaban J connectivity index is 1.61. The molecule has 0 bridgehead atoms. The fourth-order valence-electron chi connectivity index (χ4n) is 2.92. The van der Waals surface area contributed by atoms with Crippen LogP contribution in [-0.2, 0) is 23.1 Å². The molecule has 1 aliphatic heterocycles. The summed E-state index contributed by atoms with van der Waals surface area (Å²) in [5.41, 5.74) is 6.68. The molecule has 1 amide bonds. The van der Waals surface area contributed by atoms with Gasteiger partial charge in [-0.05, 0) is 36.6 Å². The van der Waals surface area contributed by atoms with Gasteiger partial charge in [0.25, 0.3) is 5.91 Å². The second kappa shape index (κ2) is 8.03. The van der Waals surface area contributed by atoms with Crippen LogP contribution in [0.5, 0.6) is 0 Å². The Labute approximate surface area is 153 Å². The second-order valence-electron chi connectivity index (χ2n) is 6.30. The summed E-state index contributed by atoms with van der Waals surface area (Å²) in [6.45, 7) is 1.69. The van der Waals surface area contributed by atoms with Gasteiger partial charge in [0.15, 0.2) is 0 Å². The van der Waals surface area contributed by atoms with Gasteiger partial charge in [0.1, 0.15) is 12.0 Å². The van der Waals surface area contributed by atoms with E-state index in [4.69, 9.17) is 10.2 Å². The molecule has 1 aromatic heterocycles. The molecule has 0 spiro atoms. The van der Waals surface area contributed by atoms with Crippen LogP contribution in [0.25, 0.3) is 0 Å². The molecule has 7 nitrogen and oxygen atoms in total. The largest absolute Gasteiger partial charge is 0.467 e. The van der Waals surface area contributed by atoms with E-state index < -0.39 is 10.0 Å². The summed E-state index contributed by atoms with van der Waals surface area (Å²) in [5, 5.41) is 2.77. The Morgan fingerprint density at radius 1 is 1.15 bits per heavy atom. The molecule has 26 heavy (non-hydrogen) atoms. The lowest BCUT2D eigenvalue weighted by Crippen LogP contribution is -2.35. The highest BCUT2D eigenvalue weighted by molar-refractivity contribution is 7.89. The van der Waals surface area contributed by atoms with Crippen LogP contribution in [0.4, 0.5) is 0 Å². The maximum Gasteiger partial charge on any atom is 0.254 e. The lowest BCUT2D eigenvalue weighted by molar-refractivity contribution is 0.0950. The Morgan fingerprint density at radius 3 is 2.46 bits per heavy atom. The van der Waals surface area contributed by atoms with Crippen molar-refractivity contribution in [2.24, 2.45) is 5.73 Å². The molecule has 0 aliphatic carbocycles. The van der Waals surface area contributed by atoms with Crippen LogP contribution in [0.2, 0.25) is 0 Å². The number of benzene rings is 1. The third-order valence-corrected chi connectivity index (χ3v) is 6.36. The summed E-state index contributed by atoms with van der Waals surface area (Å²) in [5.74, 6) is 0.279. The number of piperidine rings is 1. The predicted octanol–water partition coefficient (Wildman–Crippen LogP) is 1.84. The number of nitrogens with one attached hydrogen (secondary N) is 1. The summed E-state index contributed by atoms with van der Waals surface area (Å²) in [6.07, 6.45) is 4.26. The zero-order chi connectivity index (χ0) is 18.6. The maximum absolute atomic E-state index is 12.6. The molecule has 0 saturated carbocycles. The minimum absolute atomic E-state index is 0.236. The third-order valence-electron chi connectivity index (χ3n) is 4.45. The van der Waals surface area contributed by atoms with Gasteiger partial charge in [-0.15, -0.1) is 0 Å². The van der Waals surface area contributed by atoms with Crippen molar-refractivity contribution in [3.05, 3.63) is 53.5 Å². The highest BCUT2D eigenvalue weighted by Gasteiger charge is 2.25. The number of carbonyl (C=O) groups is 1. The Morgan fingerprint density at radius 2 is 1.85 bits per heavy atom. The van der Waals surface area contributed by atoms with Gasteiger partial charge in [-0.25, -0.2) is 8.42 Å². The zero-order valence-electron chi connectivity index (χ0n) is 14.5. The average molecular weight is 377 g/mol. The highest BCUT2D eigenvalue weighted by atomic mass is 32.2. The third kappa shape index (κ3) is 4.14. The fourth-order valence-corrected chi connectivity index (χ4v) is 4.44. The summed E-state index contributed by atoms with van der Waals surface area (Å²) in [4.78, 5) is 12.4. The monoisotopic (exact) mass is 377 g/mol. The van der Waals surface area contributed by atoms with E-state index >= 15 is 0 Å². The smallest absolute Gasteiger partial charge is 0.254 e. The van der Waals surface area contributed by atoms with E-state index in [-0.39, 0.29) is 17.3 Å². The molecule has 1 aromatic carbocycles. The van der Waals surface area contributed by atoms with Gasteiger partial charge in [0, 0.05) is 19.6 Å². The first-order chi connectivity index (χ1) is 12.5. The number of sulfonamides is 1. The zero-order valence-corrected chi connectivity index (χ0v) is 15.3. The number of hydrogen-bond acceptors (Lipinski definition) is 5. The van der Waals surface area contributed by atoms with Crippen LogP contribution < -0.4 is 11.1 Å². The first-order valence-electron chi connectivity index (χ1n) is 8.65. The number of nitrogens with zero attached hydrogens (tertiary/aromatic N) is 1. The van der Waals surface area contributed by atoms with Gasteiger partial charge < -0.3 is 15.5 Å². The first-order valence-corrected chi connectivity index (χ1v) is 10.1. The van der Waals surface area contributed by atoms with E-state index in [1.807, 2.05) is 0 Å². The number of rotatable bonds is 6. The van der Waals surface area contributed by atoms with Crippen molar-refractivity contribution >= 4 is 15.9 Å². The Bertz CT molecular complexity index is 853. The molecule has 1 aliphatic rings. The van der Waals surface area contributed by atoms with Crippen LogP contribution >= 0.6 is 0 Å². The van der Waals surface area contributed by atoms with Crippen molar-refractivity contribution in [2.45, 2.75) is 37.2 Å². The molecule has 2 aromatic rings. The maximum atomic E-state index is 12.6. The quantitative estimate of drug-likeness (QED) is 0.799. The second-order valence-corrected chi connectivity index (χ2v) is 8.24. The van der Waals surface area contributed by atoms with E-state index in [0.29, 0.717) is 31.0 Å². The molecular formula is C18H23N3O4S. The van der Waals surface area contributed by atoms with E-state index in [2.05, 4.69) is 5.32 Å². The molecule has 3 rings (SSSR count). The molecule has 140 valence electrons. The fraction of sp³-hybridized carbons (Fsp3) is 0.389. The van der Waals surface area contributed by atoms with Crippen molar-refractivity contribution in [3.63, 3.8) is 0 Å². The lowest BCUT2D eigenvalue weighted by atomic mass is 10.2. The molecule has 3 N–H and O–H groups in total. The first kappa shape index (κ1) is 18.6. The topological polar surface area (TPSA) is 106 Å². The SMILES string of the molecule is NCc1cc(C(=O)NCc2ccc(S(=O)(=O)N3CCCCC3)cc2)co1. The van der Waals surface area contributed by atoms with Crippen molar-refractivity contribution in [1.29, 1.82) is 0 Å². The van der Waals surface area contributed by atoms with E-state index in [1.165, 1.54) is 6.26 Å². The van der Waals surface area contributed by atoms with Gasteiger partial charge >= 0.3 is 0 Å². The number of furan rings is 1. The molecule has 2 heterocycles. The highest BCUT2D eigenvalue weighted by Crippen LogP contribution is 2.20. The molecule has 1 saturated heterocycles. The Hall–Kier alpha value is -2.16. The van der Waals surface area contributed by atoms with Gasteiger partial charge in [-0.1, -0.05) is 18.6 Å². The summed E-state index contributed by atoms with van der Waals surface area (Å²) in [6, 6.07) is 8.23. The molecule has 0 atom stereocenters. The van der Waals surface area contributed by atoms with Crippen LogP contribution in [-0.4, -0.2) is 31.7 Å². The number of carbonyl (C=O) groups excluding carboxylic acids is 1. The lowest BCUT2D eigenvalue weighted by Gasteiger charge is -2.25. The summed E-state index contributed by atoms with van der Waals surface area (Å²) in [7, 11) is -3.43. The van der Waals surface area contributed by atoms with Gasteiger partial charge in [-0.3, -0.25) is 4.79 Å². The average Bonchev–Trinajstić information content (AvgIpc) is 3.16. The standard InChI is InChI=1S/C18H23N3O4S/c19-11-16-10-15(13-25-16)18(22)20-12-14-4-6-17(7-5-14)26(23,24)21-8-2-1-3-9-21/h4-7,10,13H,1-3,8-9,11-12,19H2,(H,20,22). The number of amides is 1. The van der Waals surface area contributed by atoms with E-state index in [1.54, 1.807) is 34.6 Å². The molecule has 8 heteroatoms. The van der Waals surface area contributed by atoms with Crippen molar-refractivity contribution in [1.82, 2.24) is 9.62 Å². The van der Waals surface area contributed by atoms with Crippen molar-refractivity contribution in [3.8, 4) is 0 Å². The molecule has 0 unspecified atom stereocenters. The van der Waals surface area contributed by atoms with Crippen molar-refractivity contribution in [2.75, 3.05) is 13.1 Å². The minimum Gasteiger partial charge on any atom is -0.467 e. The predicted molar refractivity (Wildman–Crippen MR) is 96.8 cm³/mol. The van der Waals surface area contributed by atoms with E-state index in [9.17, 15) is 13.2 Å². The Kier molecular flexibility index (Phi) is 5.75. The summed E-state index contributed by atoms with van der Waals surface area (Å²) < 4.78 is 31.9. The van der Waals surface area contributed by atoms with Gasteiger partial charge in [0.2, 0.25) is 10.0 Å². The van der Waals surface area contributed by atoms with Crippen LogP contribution in [0.1, 0.15) is 40.9 Å². The minimum atomic E-state index is -3.43. The molecule has 0 radical (unpaired) electrons. The van der Waals surface area contributed by atoms with Crippen molar-refractivity contribution < 1.29 is 17.6 Å². The molecule has 1 fully saturated rings. The van der Waals surface area contributed by atoms with Crippen LogP contribution in [0, 0.1) is 0 Å². The van der Waals surface area contributed by atoms with E-state index in [0.717, 1.165) is 24.8 Å². The van der Waals surface area contributed by atoms with Gasteiger partial charge in [0.05, 0.1) is 17.0 Å². The van der Waals surface area contributed by atoms with Gasteiger partial charge in [-0.2, -0.15) is 4.31 Å². The number of hydrogen-bond donors (Lipinski definition) is 2. The van der Waals surface area contributed by atoms with Crippen LogP contribution in [0.15, 0.2) is 45.9 Å². The van der Waals surface area contributed by atoms with Crippen LogP contribution in [0.3, 0.4) is 0 Å². The number of nitrogens with two attached hydrogens (primary N) is 1. The summed E-state index contributed by atoms with van der Waals surface area (Å²) >= 11 is 0.